The summed E-state index contributed by atoms with van der Waals surface area (Å²) in [5.41, 5.74) is 7.41. The number of ketones is 2. The van der Waals surface area contributed by atoms with Crippen LogP contribution in [0.4, 0.5) is 5.69 Å². The SMILES string of the molecule is CN(C)[C@@H]1C(=O)C(C(N)=O)=C(O)[C@@]2(O)C(=O)C3=C(O)c4c(cc(Cl)c(N)c4O)CC3CC12.Cl. The molecule has 8 N–H and O–H groups in total. The molecular weight excluding hydrogens is 477 g/mol. The Balaban J connectivity index is 0.00000306. The van der Waals surface area contributed by atoms with Gasteiger partial charge in [0.15, 0.2) is 17.1 Å². The molecule has 4 atom stereocenters. The first-order valence-corrected chi connectivity index (χ1v) is 10.2. The summed E-state index contributed by atoms with van der Waals surface area (Å²) in [6.07, 6.45) is 0.163. The predicted molar refractivity (Wildman–Crippen MR) is 121 cm³/mol. The maximum atomic E-state index is 13.6. The van der Waals surface area contributed by atoms with Gasteiger partial charge in [0.2, 0.25) is 5.78 Å². The first-order chi connectivity index (χ1) is 14.8. The van der Waals surface area contributed by atoms with E-state index in [0.717, 1.165) is 0 Å². The van der Waals surface area contributed by atoms with Gasteiger partial charge in [-0.1, -0.05) is 11.6 Å². The lowest BCUT2D eigenvalue weighted by Gasteiger charge is -2.50. The van der Waals surface area contributed by atoms with Gasteiger partial charge in [-0.3, -0.25) is 19.3 Å². The van der Waals surface area contributed by atoms with Gasteiger partial charge in [-0.25, -0.2) is 0 Å². The Morgan fingerprint density at radius 1 is 1.24 bits per heavy atom. The summed E-state index contributed by atoms with van der Waals surface area (Å²) in [6.45, 7) is 0. The third kappa shape index (κ3) is 3.12. The highest BCUT2D eigenvalue weighted by molar-refractivity contribution is 6.33. The zero-order valence-corrected chi connectivity index (χ0v) is 19.2. The number of primary amides is 1. The number of anilines is 1. The molecule has 1 amide bonds. The number of amides is 1. The zero-order chi connectivity index (χ0) is 23.9. The number of hydrogen-bond acceptors (Lipinski definition) is 9. The molecule has 0 bridgehead atoms. The fourth-order valence-electron chi connectivity index (χ4n) is 5.28. The monoisotopic (exact) mass is 499 g/mol. The van der Waals surface area contributed by atoms with Crippen LogP contribution in [0.25, 0.3) is 5.76 Å². The first kappa shape index (κ1) is 24.8. The number of carbonyl (C=O) groups excluding carboxylic acids is 3. The van der Waals surface area contributed by atoms with Crippen molar-refractivity contribution in [3.63, 3.8) is 0 Å². The molecule has 0 radical (unpaired) electrons. The van der Waals surface area contributed by atoms with E-state index in [4.69, 9.17) is 23.1 Å². The normalized spacial score (nSPS) is 28.8. The fraction of sp³-hybridized carbons (Fsp3) is 0.381. The van der Waals surface area contributed by atoms with Gasteiger partial charge in [-0.2, -0.15) is 0 Å². The zero-order valence-electron chi connectivity index (χ0n) is 17.6. The number of hydrogen-bond donors (Lipinski definition) is 6. The number of Topliss-reactive ketones (excluding diaryl/α,β-unsaturated/α-hetero) is 2. The van der Waals surface area contributed by atoms with Crippen LogP contribution in [0.15, 0.2) is 23.0 Å². The van der Waals surface area contributed by atoms with Gasteiger partial charge >= 0.3 is 0 Å². The molecule has 178 valence electrons. The molecule has 0 aromatic heterocycles. The van der Waals surface area contributed by atoms with Gasteiger partial charge in [0, 0.05) is 11.5 Å². The number of nitrogens with zero attached hydrogens (tertiary/aromatic N) is 1. The van der Waals surface area contributed by atoms with Gasteiger partial charge in [-0.15, -0.1) is 12.4 Å². The molecule has 1 saturated carbocycles. The molecule has 0 aliphatic heterocycles. The van der Waals surface area contributed by atoms with Crippen LogP contribution in [0.2, 0.25) is 5.02 Å². The minimum atomic E-state index is -2.67. The van der Waals surface area contributed by atoms with Crippen LogP contribution in [-0.2, 0) is 20.8 Å². The predicted octanol–water partition coefficient (Wildman–Crippen LogP) is 0.621. The van der Waals surface area contributed by atoms with Gasteiger partial charge in [0.1, 0.15) is 17.1 Å². The van der Waals surface area contributed by atoms with Crippen LogP contribution in [0.1, 0.15) is 17.5 Å². The molecule has 0 heterocycles. The van der Waals surface area contributed by atoms with E-state index in [9.17, 15) is 34.8 Å². The van der Waals surface area contributed by atoms with Crippen molar-refractivity contribution in [2.75, 3.05) is 19.8 Å². The van der Waals surface area contributed by atoms with Crippen molar-refractivity contribution < 1.29 is 34.8 Å². The highest BCUT2D eigenvalue weighted by Crippen LogP contribution is 2.53. The van der Waals surface area contributed by atoms with Crippen molar-refractivity contribution in [3.05, 3.63) is 39.1 Å². The molecule has 3 aliphatic carbocycles. The lowest BCUT2D eigenvalue weighted by Crippen LogP contribution is -2.65. The van der Waals surface area contributed by atoms with Crippen molar-refractivity contribution in [2.45, 2.75) is 24.5 Å². The molecule has 1 aromatic rings. The maximum absolute atomic E-state index is 13.6. The molecule has 4 rings (SSSR count). The quantitative estimate of drug-likeness (QED) is 0.192. The number of phenols is 1. The van der Waals surface area contributed by atoms with Gasteiger partial charge in [-0.05, 0) is 44.5 Å². The van der Waals surface area contributed by atoms with Crippen LogP contribution in [0, 0.1) is 11.8 Å². The number of halogens is 2. The highest BCUT2D eigenvalue weighted by atomic mass is 35.5. The number of nitrogen functional groups attached to an aromatic ring is 1. The Hall–Kier alpha value is -2.79. The number of benzene rings is 1. The molecule has 2 unspecified atom stereocenters. The van der Waals surface area contributed by atoms with Crippen molar-refractivity contribution in [3.8, 4) is 5.75 Å². The Labute approximate surface area is 199 Å². The third-order valence-corrected chi connectivity index (χ3v) is 7.01. The summed E-state index contributed by atoms with van der Waals surface area (Å²) < 4.78 is 0. The van der Waals surface area contributed by atoms with Crippen LogP contribution in [0.3, 0.4) is 0 Å². The summed E-state index contributed by atoms with van der Waals surface area (Å²) in [6, 6.07) is 0.346. The first-order valence-electron chi connectivity index (χ1n) is 9.78. The molecule has 1 fully saturated rings. The number of nitrogens with two attached hydrogens (primary N) is 2. The van der Waals surface area contributed by atoms with E-state index in [1.807, 2.05) is 0 Å². The number of fused-ring (bicyclic) bond motifs is 3. The number of phenolic OH excluding ortho intramolecular Hbond substituents is 1. The molecule has 0 saturated heterocycles. The smallest absolute Gasteiger partial charge is 0.255 e. The maximum Gasteiger partial charge on any atom is 0.255 e. The summed E-state index contributed by atoms with van der Waals surface area (Å²) in [5.74, 6) is -7.20. The van der Waals surface area contributed by atoms with Crippen molar-refractivity contribution in [2.24, 2.45) is 17.6 Å². The lowest BCUT2D eigenvalue weighted by molar-refractivity contribution is -0.153. The Morgan fingerprint density at radius 3 is 2.39 bits per heavy atom. The minimum Gasteiger partial charge on any atom is -0.508 e. The summed E-state index contributed by atoms with van der Waals surface area (Å²) in [5, 5.41) is 43.6. The van der Waals surface area contributed by atoms with E-state index in [1.54, 1.807) is 0 Å². The van der Waals surface area contributed by atoms with Crippen molar-refractivity contribution in [1.29, 1.82) is 0 Å². The lowest BCUT2D eigenvalue weighted by atomic mass is 9.57. The summed E-state index contributed by atoms with van der Waals surface area (Å²) in [7, 11) is 3.07. The van der Waals surface area contributed by atoms with E-state index in [2.05, 4.69) is 0 Å². The Bertz CT molecular complexity index is 1180. The molecular formula is C21H23Cl2N3O7. The average Bonchev–Trinajstić information content (AvgIpc) is 2.68. The number of aromatic hydroxyl groups is 1. The number of carbonyl (C=O) groups is 3. The molecule has 1 aromatic carbocycles. The van der Waals surface area contributed by atoms with Crippen LogP contribution in [-0.4, -0.2) is 68.5 Å². The van der Waals surface area contributed by atoms with Gasteiger partial charge in [0.25, 0.3) is 5.91 Å². The third-order valence-electron chi connectivity index (χ3n) is 6.70. The summed E-state index contributed by atoms with van der Waals surface area (Å²) >= 11 is 6.06. The molecule has 3 aliphatic rings. The van der Waals surface area contributed by atoms with Gasteiger partial charge < -0.3 is 31.9 Å². The average molecular weight is 500 g/mol. The standard InChI is InChI=1S/C21H22ClN3O7.ClH/c1-25(2)14-8-4-6-3-7-5-9(22)13(23)16(27)10(7)15(26)11(6)18(29)21(8,32)19(30)12(17(14)28)20(24)31;/h5-6,8,14,26-27,30,32H,3-4,23H2,1-2H3,(H2,24,31);1H/t6?,8?,14-,21-;/m0./s1. The van der Waals surface area contributed by atoms with Crippen LogP contribution in [0.5, 0.6) is 5.75 Å². The minimum absolute atomic E-state index is 0. The molecule has 0 spiro atoms. The highest BCUT2D eigenvalue weighted by Gasteiger charge is 2.64. The fourth-order valence-corrected chi connectivity index (χ4v) is 5.50. The second-order valence-electron chi connectivity index (χ2n) is 8.62. The van der Waals surface area contributed by atoms with E-state index in [1.165, 1.54) is 25.1 Å². The Morgan fingerprint density at radius 2 is 1.85 bits per heavy atom. The second kappa shape index (κ2) is 7.91. The second-order valence-corrected chi connectivity index (χ2v) is 9.02. The molecule has 12 heteroatoms. The van der Waals surface area contributed by atoms with E-state index < -0.39 is 63.8 Å². The topological polar surface area (TPSA) is 187 Å². The number of aliphatic hydroxyl groups excluding tert-OH is 2. The molecule has 10 nitrogen and oxygen atoms in total. The van der Waals surface area contributed by atoms with Crippen molar-refractivity contribution >= 4 is 52.9 Å². The number of likely N-dealkylation sites (N-methyl/N-ethyl adjacent to an activating group) is 1. The van der Waals surface area contributed by atoms with E-state index in [-0.39, 0.29) is 47.1 Å². The molecule has 33 heavy (non-hydrogen) atoms. The largest absolute Gasteiger partial charge is 0.508 e. The summed E-state index contributed by atoms with van der Waals surface area (Å²) in [4.78, 5) is 39.9. The number of rotatable bonds is 2. The van der Waals surface area contributed by atoms with Gasteiger partial charge in [0.05, 0.1) is 22.3 Å². The number of aliphatic hydroxyl groups is 3. The van der Waals surface area contributed by atoms with E-state index in [0.29, 0.717) is 5.56 Å². The van der Waals surface area contributed by atoms with E-state index >= 15 is 0 Å². The van der Waals surface area contributed by atoms with Crippen molar-refractivity contribution in [1.82, 2.24) is 4.90 Å². The van der Waals surface area contributed by atoms with Crippen LogP contribution < -0.4 is 11.5 Å². The Kier molecular flexibility index (Phi) is 5.96. The van der Waals surface area contributed by atoms with Crippen LogP contribution >= 0.6 is 24.0 Å².